The SMILES string of the molecule is CC(=O)OCC(=O)OCC(C)(C)c1nnc(N)s1. The topological polar surface area (TPSA) is 104 Å². The normalized spacial score (nSPS) is 11.1. The summed E-state index contributed by atoms with van der Waals surface area (Å²) in [6, 6.07) is 0. The minimum absolute atomic E-state index is 0.113. The fraction of sp³-hybridized carbons (Fsp3) is 0.600. The predicted molar refractivity (Wildman–Crippen MR) is 64.9 cm³/mol. The third kappa shape index (κ3) is 4.28. The van der Waals surface area contributed by atoms with Gasteiger partial charge < -0.3 is 15.2 Å². The van der Waals surface area contributed by atoms with Gasteiger partial charge in [0, 0.05) is 6.92 Å². The molecular formula is C10H15N3O4S. The number of hydrogen-bond donors (Lipinski definition) is 1. The third-order valence-corrected chi connectivity index (χ3v) is 3.13. The van der Waals surface area contributed by atoms with Crippen LogP contribution in [-0.2, 0) is 24.5 Å². The summed E-state index contributed by atoms with van der Waals surface area (Å²) in [7, 11) is 0. The molecule has 1 aromatic heterocycles. The van der Waals surface area contributed by atoms with Gasteiger partial charge in [0.25, 0.3) is 0 Å². The molecular weight excluding hydrogens is 258 g/mol. The first-order valence-electron chi connectivity index (χ1n) is 5.20. The minimum atomic E-state index is -0.601. The van der Waals surface area contributed by atoms with Gasteiger partial charge in [0.1, 0.15) is 11.6 Å². The van der Waals surface area contributed by atoms with Crippen LogP contribution >= 0.6 is 11.3 Å². The smallest absolute Gasteiger partial charge is 0.344 e. The van der Waals surface area contributed by atoms with Crippen LogP contribution < -0.4 is 5.73 Å². The molecule has 0 aliphatic rings. The van der Waals surface area contributed by atoms with Gasteiger partial charge in [-0.25, -0.2) is 4.79 Å². The van der Waals surface area contributed by atoms with Crippen molar-refractivity contribution in [2.75, 3.05) is 18.9 Å². The van der Waals surface area contributed by atoms with E-state index in [0.717, 1.165) is 0 Å². The standard InChI is InChI=1S/C10H15N3O4S/c1-6(14)16-4-7(15)17-5-10(2,3)8-12-13-9(11)18-8/h4-5H2,1-3H3,(H2,11,13). The number of esters is 2. The number of hydrogen-bond acceptors (Lipinski definition) is 8. The van der Waals surface area contributed by atoms with Crippen LogP contribution in [0, 0.1) is 0 Å². The first-order valence-corrected chi connectivity index (χ1v) is 6.01. The van der Waals surface area contributed by atoms with E-state index in [0.29, 0.717) is 10.1 Å². The number of aromatic nitrogens is 2. The van der Waals surface area contributed by atoms with Gasteiger partial charge >= 0.3 is 11.9 Å². The molecule has 1 aromatic rings. The van der Waals surface area contributed by atoms with Gasteiger partial charge in [-0.15, -0.1) is 10.2 Å². The van der Waals surface area contributed by atoms with E-state index in [1.54, 1.807) is 0 Å². The molecule has 0 bridgehead atoms. The van der Waals surface area contributed by atoms with Crippen molar-refractivity contribution < 1.29 is 19.1 Å². The molecule has 0 amide bonds. The summed E-state index contributed by atoms with van der Waals surface area (Å²) in [6.07, 6.45) is 0. The molecule has 8 heteroatoms. The maximum Gasteiger partial charge on any atom is 0.344 e. The Hall–Kier alpha value is -1.70. The Labute approximate surface area is 108 Å². The molecule has 0 atom stereocenters. The van der Waals surface area contributed by atoms with Crippen LogP contribution in [0.3, 0.4) is 0 Å². The molecule has 0 unspecified atom stereocenters. The lowest BCUT2D eigenvalue weighted by Gasteiger charge is -2.20. The minimum Gasteiger partial charge on any atom is -0.462 e. The number of carbonyl (C=O) groups is 2. The summed E-state index contributed by atoms with van der Waals surface area (Å²) in [5.74, 6) is -1.13. The Bertz CT molecular complexity index is 444. The molecule has 18 heavy (non-hydrogen) atoms. The number of carbonyl (C=O) groups excluding carboxylic acids is 2. The maximum absolute atomic E-state index is 11.3. The molecule has 1 rings (SSSR count). The van der Waals surface area contributed by atoms with Crippen molar-refractivity contribution >= 4 is 28.4 Å². The van der Waals surface area contributed by atoms with E-state index in [2.05, 4.69) is 14.9 Å². The van der Waals surface area contributed by atoms with Gasteiger partial charge in [-0.1, -0.05) is 25.2 Å². The molecule has 2 N–H and O–H groups in total. The van der Waals surface area contributed by atoms with Crippen molar-refractivity contribution in [2.24, 2.45) is 0 Å². The van der Waals surface area contributed by atoms with E-state index >= 15 is 0 Å². The molecule has 0 fully saturated rings. The number of nitrogen functional groups attached to an aromatic ring is 1. The second-order valence-electron chi connectivity index (χ2n) is 4.27. The van der Waals surface area contributed by atoms with E-state index in [-0.39, 0.29) is 13.2 Å². The molecule has 100 valence electrons. The highest BCUT2D eigenvalue weighted by atomic mass is 32.1. The van der Waals surface area contributed by atoms with Gasteiger partial charge in [-0.2, -0.15) is 0 Å². The average Bonchev–Trinajstić information content (AvgIpc) is 2.71. The highest BCUT2D eigenvalue weighted by Gasteiger charge is 2.27. The van der Waals surface area contributed by atoms with Crippen molar-refractivity contribution in [3.05, 3.63) is 5.01 Å². The lowest BCUT2D eigenvalue weighted by atomic mass is 9.96. The van der Waals surface area contributed by atoms with Crippen LogP contribution in [0.2, 0.25) is 0 Å². The Morgan fingerprint density at radius 3 is 2.50 bits per heavy atom. The second kappa shape index (κ2) is 5.76. The van der Waals surface area contributed by atoms with Crippen LogP contribution in [0.25, 0.3) is 0 Å². The number of nitrogens with two attached hydrogens (primary N) is 1. The van der Waals surface area contributed by atoms with Crippen molar-refractivity contribution in [2.45, 2.75) is 26.2 Å². The summed E-state index contributed by atoms with van der Waals surface area (Å²) in [4.78, 5) is 21.8. The molecule has 0 aliphatic heterocycles. The van der Waals surface area contributed by atoms with Crippen molar-refractivity contribution in [3.8, 4) is 0 Å². The molecule has 1 heterocycles. The average molecular weight is 273 g/mol. The van der Waals surface area contributed by atoms with Crippen LogP contribution in [0.4, 0.5) is 5.13 Å². The van der Waals surface area contributed by atoms with Gasteiger partial charge in [-0.05, 0) is 0 Å². The summed E-state index contributed by atoms with van der Waals surface area (Å²) in [5.41, 5.74) is 5.01. The Balaban J connectivity index is 2.46. The summed E-state index contributed by atoms with van der Waals surface area (Å²) in [5, 5.41) is 8.66. The quantitative estimate of drug-likeness (QED) is 0.779. The van der Waals surface area contributed by atoms with Gasteiger partial charge in [0.2, 0.25) is 5.13 Å². The zero-order valence-electron chi connectivity index (χ0n) is 10.4. The maximum atomic E-state index is 11.3. The fourth-order valence-electron chi connectivity index (χ4n) is 1.03. The monoisotopic (exact) mass is 273 g/mol. The van der Waals surface area contributed by atoms with E-state index in [4.69, 9.17) is 10.5 Å². The zero-order valence-corrected chi connectivity index (χ0v) is 11.2. The predicted octanol–water partition coefficient (Wildman–Crippen LogP) is 0.504. The van der Waals surface area contributed by atoms with Crippen LogP contribution in [0.5, 0.6) is 0 Å². The van der Waals surface area contributed by atoms with Crippen LogP contribution in [0.1, 0.15) is 25.8 Å². The van der Waals surface area contributed by atoms with Crippen LogP contribution in [-0.4, -0.2) is 35.3 Å². The van der Waals surface area contributed by atoms with Gasteiger partial charge in [-0.3, -0.25) is 4.79 Å². The molecule has 0 spiro atoms. The first-order chi connectivity index (χ1) is 8.31. The first kappa shape index (κ1) is 14.4. The van der Waals surface area contributed by atoms with E-state index in [1.807, 2.05) is 13.8 Å². The van der Waals surface area contributed by atoms with Crippen LogP contribution in [0.15, 0.2) is 0 Å². The molecule has 0 aliphatic carbocycles. The second-order valence-corrected chi connectivity index (χ2v) is 5.28. The van der Waals surface area contributed by atoms with Crippen molar-refractivity contribution in [1.29, 1.82) is 0 Å². The Morgan fingerprint density at radius 1 is 1.33 bits per heavy atom. The molecule has 0 radical (unpaired) electrons. The van der Waals surface area contributed by atoms with Crippen molar-refractivity contribution in [3.63, 3.8) is 0 Å². The summed E-state index contributed by atoms with van der Waals surface area (Å²) >= 11 is 1.24. The molecule has 0 saturated heterocycles. The summed E-state index contributed by atoms with van der Waals surface area (Å²) < 4.78 is 9.52. The van der Waals surface area contributed by atoms with Gasteiger partial charge in [0.15, 0.2) is 6.61 Å². The third-order valence-electron chi connectivity index (χ3n) is 2.01. The number of ether oxygens (including phenoxy) is 2. The van der Waals surface area contributed by atoms with Gasteiger partial charge in [0.05, 0.1) is 5.41 Å². The lowest BCUT2D eigenvalue weighted by molar-refractivity contribution is -0.158. The largest absolute Gasteiger partial charge is 0.462 e. The highest BCUT2D eigenvalue weighted by molar-refractivity contribution is 7.15. The molecule has 7 nitrogen and oxygen atoms in total. The fourth-order valence-corrected chi connectivity index (χ4v) is 1.73. The number of nitrogens with zero attached hydrogens (tertiary/aromatic N) is 2. The zero-order chi connectivity index (χ0) is 13.8. The molecule has 0 saturated carbocycles. The van der Waals surface area contributed by atoms with E-state index < -0.39 is 17.4 Å². The van der Waals surface area contributed by atoms with E-state index in [1.165, 1.54) is 18.3 Å². The summed E-state index contributed by atoms with van der Waals surface area (Å²) in [6.45, 7) is 4.66. The lowest BCUT2D eigenvalue weighted by Crippen LogP contribution is -2.27. The molecule has 0 aromatic carbocycles. The van der Waals surface area contributed by atoms with Crippen molar-refractivity contribution in [1.82, 2.24) is 10.2 Å². The highest BCUT2D eigenvalue weighted by Crippen LogP contribution is 2.27. The Morgan fingerprint density at radius 2 is 2.00 bits per heavy atom. The van der Waals surface area contributed by atoms with E-state index in [9.17, 15) is 9.59 Å². The Kier molecular flexibility index (Phi) is 4.60. The number of rotatable bonds is 5. The number of anilines is 1.